The van der Waals surface area contributed by atoms with Crippen LogP contribution in [-0.2, 0) is 14.8 Å². The fourth-order valence-corrected chi connectivity index (χ4v) is 3.51. The molecule has 0 saturated heterocycles. The van der Waals surface area contributed by atoms with E-state index >= 15 is 0 Å². The first-order valence-corrected chi connectivity index (χ1v) is 9.06. The highest BCUT2D eigenvalue weighted by Crippen LogP contribution is 2.13. The molecule has 2 N–H and O–H groups in total. The predicted molar refractivity (Wildman–Crippen MR) is 86.8 cm³/mol. The summed E-state index contributed by atoms with van der Waals surface area (Å²) in [5, 5.41) is 0.262. The second-order valence-corrected chi connectivity index (χ2v) is 7.47. The number of nitrogens with one attached hydrogen (secondary N) is 2. The molecule has 9 heteroatoms. The molecule has 0 aliphatic heterocycles. The van der Waals surface area contributed by atoms with Crippen molar-refractivity contribution in [3.63, 3.8) is 0 Å². The fourth-order valence-electron chi connectivity index (χ4n) is 1.71. The van der Waals surface area contributed by atoms with Crippen LogP contribution in [0.15, 0.2) is 45.2 Å². The summed E-state index contributed by atoms with van der Waals surface area (Å²) in [6, 6.07) is 7.48. The van der Waals surface area contributed by atoms with Gasteiger partial charge in [-0.15, -0.1) is 0 Å². The number of aromatic amines is 1. The number of hydrogen-bond donors (Lipinski definition) is 2. The van der Waals surface area contributed by atoms with Crippen LogP contribution in [0.3, 0.4) is 0 Å². The maximum atomic E-state index is 12.1. The molecule has 0 aliphatic carbocycles. The molecule has 1 amide bonds. The summed E-state index contributed by atoms with van der Waals surface area (Å²) in [5.74, 6) is -0.878. The highest BCUT2D eigenvalue weighted by molar-refractivity contribution is 8.00. The summed E-state index contributed by atoms with van der Waals surface area (Å²) in [7, 11) is -3.90. The van der Waals surface area contributed by atoms with Gasteiger partial charge in [0.2, 0.25) is 5.91 Å². The van der Waals surface area contributed by atoms with Crippen LogP contribution in [0.1, 0.15) is 11.3 Å². The Morgan fingerprint density at radius 1 is 1.26 bits per heavy atom. The first-order chi connectivity index (χ1) is 10.8. The van der Waals surface area contributed by atoms with Gasteiger partial charge in [0.15, 0.2) is 5.16 Å². The molecule has 2 rings (SSSR count). The molecule has 0 unspecified atom stereocenters. The lowest BCUT2D eigenvalue weighted by atomic mass is 10.2. The van der Waals surface area contributed by atoms with Crippen LogP contribution in [0, 0.1) is 13.8 Å². The average molecular weight is 353 g/mol. The number of amides is 1. The number of nitrogens with zero attached hydrogens (tertiary/aromatic N) is 1. The Bertz CT molecular complexity index is 874. The van der Waals surface area contributed by atoms with Gasteiger partial charge in [-0.1, -0.05) is 29.5 Å². The van der Waals surface area contributed by atoms with E-state index in [-0.39, 0.29) is 21.4 Å². The molecule has 0 bridgehead atoms. The molecule has 0 spiro atoms. The van der Waals surface area contributed by atoms with Crippen LogP contribution in [-0.4, -0.2) is 30.0 Å². The van der Waals surface area contributed by atoms with E-state index in [1.54, 1.807) is 19.1 Å². The summed E-state index contributed by atoms with van der Waals surface area (Å²) in [6.07, 6.45) is 0. The first kappa shape index (κ1) is 17.2. The highest BCUT2D eigenvalue weighted by Gasteiger charge is 2.17. The van der Waals surface area contributed by atoms with Crippen molar-refractivity contribution >= 4 is 27.7 Å². The van der Waals surface area contributed by atoms with Crippen LogP contribution < -0.4 is 10.3 Å². The molecule has 0 saturated carbocycles. The number of rotatable bonds is 5. The van der Waals surface area contributed by atoms with Gasteiger partial charge in [-0.25, -0.2) is 18.1 Å². The molecule has 0 atom stereocenters. The molecule has 1 heterocycles. The number of benzene rings is 1. The number of carbonyl (C=O) groups excluding carboxylic acids is 1. The molecule has 122 valence electrons. The van der Waals surface area contributed by atoms with Crippen molar-refractivity contribution in [2.75, 3.05) is 5.75 Å². The minimum absolute atomic E-state index is 0.0172. The molecular formula is C14H15N3O4S2. The van der Waals surface area contributed by atoms with Crippen molar-refractivity contribution in [2.45, 2.75) is 23.9 Å². The minimum atomic E-state index is -3.90. The Hall–Kier alpha value is -2.13. The summed E-state index contributed by atoms with van der Waals surface area (Å²) in [6.45, 7) is 3.49. The third kappa shape index (κ3) is 4.93. The van der Waals surface area contributed by atoms with E-state index in [1.165, 1.54) is 18.2 Å². The quantitative estimate of drug-likeness (QED) is 0.613. The molecule has 0 aliphatic rings. The molecule has 1 aromatic carbocycles. The standard InChI is InChI=1S/C14H15N3O4S2/c1-9-3-5-11(6-4-9)23(20,21)17-13(19)8-22-14-15-10(2)7-12(18)16-14/h3-7H,8H2,1-2H3,(H,17,19)(H,15,16,18). The smallest absolute Gasteiger partial charge is 0.264 e. The van der Waals surface area contributed by atoms with Crippen molar-refractivity contribution in [3.05, 3.63) is 51.9 Å². The van der Waals surface area contributed by atoms with Crippen molar-refractivity contribution < 1.29 is 13.2 Å². The van der Waals surface area contributed by atoms with E-state index in [9.17, 15) is 18.0 Å². The number of aryl methyl sites for hydroxylation is 2. The van der Waals surface area contributed by atoms with Crippen LogP contribution in [0.4, 0.5) is 0 Å². The summed E-state index contributed by atoms with van der Waals surface area (Å²) in [4.78, 5) is 29.6. The van der Waals surface area contributed by atoms with E-state index in [0.717, 1.165) is 17.3 Å². The van der Waals surface area contributed by atoms with Gasteiger partial charge in [0.25, 0.3) is 15.6 Å². The van der Waals surface area contributed by atoms with Gasteiger partial charge in [0.1, 0.15) is 0 Å². The van der Waals surface area contributed by atoms with Gasteiger partial charge in [-0.2, -0.15) is 0 Å². The number of carbonyl (C=O) groups is 1. The maximum Gasteiger partial charge on any atom is 0.264 e. The minimum Gasteiger partial charge on any atom is -0.301 e. The van der Waals surface area contributed by atoms with E-state index < -0.39 is 15.9 Å². The van der Waals surface area contributed by atoms with E-state index in [0.29, 0.717) is 5.69 Å². The fraction of sp³-hybridized carbons (Fsp3) is 0.214. The lowest BCUT2D eigenvalue weighted by Crippen LogP contribution is -2.32. The molecule has 23 heavy (non-hydrogen) atoms. The molecule has 7 nitrogen and oxygen atoms in total. The Morgan fingerprint density at radius 3 is 2.52 bits per heavy atom. The lowest BCUT2D eigenvalue weighted by molar-refractivity contribution is -0.116. The zero-order valence-electron chi connectivity index (χ0n) is 12.5. The third-order valence-electron chi connectivity index (χ3n) is 2.77. The SMILES string of the molecule is Cc1ccc(S(=O)(=O)NC(=O)CSc2nc(C)cc(=O)[nH]2)cc1. The summed E-state index contributed by atoms with van der Waals surface area (Å²) >= 11 is 0.952. The molecular weight excluding hydrogens is 338 g/mol. The highest BCUT2D eigenvalue weighted by atomic mass is 32.2. The zero-order valence-corrected chi connectivity index (χ0v) is 14.1. The van der Waals surface area contributed by atoms with E-state index in [2.05, 4.69) is 9.97 Å². The first-order valence-electron chi connectivity index (χ1n) is 6.59. The Kier molecular flexibility index (Phi) is 5.22. The number of hydrogen-bond acceptors (Lipinski definition) is 6. The van der Waals surface area contributed by atoms with Gasteiger partial charge in [0, 0.05) is 11.8 Å². The Labute approximate surface area is 137 Å². The largest absolute Gasteiger partial charge is 0.301 e. The lowest BCUT2D eigenvalue weighted by Gasteiger charge is -2.07. The Morgan fingerprint density at radius 2 is 1.91 bits per heavy atom. The number of H-pyrrole nitrogens is 1. The van der Waals surface area contributed by atoms with Crippen LogP contribution in [0.5, 0.6) is 0 Å². The second kappa shape index (κ2) is 6.97. The maximum absolute atomic E-state index is 12.1. The van der Waals surface area contributed by atoms with E-state index in [1.807, 2.05) is 11.6 Å². The second-order valence-electron chi connectivity index (χ2n) is 4.82. The van der Waals surface area contributed by atoms with Gasteiger partial charge >= 0.3 is 0 Å². The topological polar surface area (TPSA) is 109 Å². The number of sulfonamides is 1. The zero-order chi connectivity index (χ0) is 17.0. The van der Waals surface area contributed by atoms with E-state index in [4.69, 9.17) is 0 Å². The van der Waals surface area contributed by atoms with Crippen LogP contribution in [0.2, 0.25) is 0 Å². The predicted octanol–water partition coefficient (Wildman–Crippen LogP) is 0.984. The van der Waals surface area contributed by atoms with Gasteiger partial charge in [-0.05, 0) is 26.0 Å². The number of thioether (sulfide) groups is 1. The molecule has 1 aromatic heterocycles. The number of aromatic nitrogens is 2. The molecule has 0 fully saturated rings. The normalized spacial score (nSPS) is 11.2. The summed E-state index contributed by atoms with van der Waals surface area (Å²) in [5.41, 5.74) is 1.11. The summed E-state index contributed by atoms with van der Waals surface area (Å²) < 4.78 is 26.1. The molecule has 0 radical (unpaired) electrons. The van der Waals surface area contributed by atoms with Crippen molar-refractivity contribution in [1.29, 1.82) is 0 Å². The van der Waals surface area contributed by atoms with Crippen molar-refractivity contribution in [1.82, 2.24) is 14.7 Å². The Balaban J connectivity index is 2.01. The van der Waals surface area contributed by atoms with Crippen LogP contribution >= 0.6 is 11.8 Å². The van der Waals surface area contributed by atoms with Gasteiger partial charge < -0.3 is 4.98 Å². The van der Waals surface area contributed by atoms with Gasteiger partial charge in [0.05, 0.1) is 10.6 Å². The molecule has 2 aromatic rings. The van der Waals surface area contributed by atoms with Gasteiger partial charge in [-0.3, -0.25) is 9.59 Å². The van der Waals surface area contributed by atoms with Crippen molar-refractivity contribution in [2.24, 2.45) is 0 Å². The van der Waals surface area contributed by atoms with Crippen LogP contribution in [0.25, 0.3) is 0 Å². The monoisotopic (exact) mass is 353 g/mol. The van der Waals surface area contributed by atoms with Crippen molar-refractivity contribution in [3.8, 4) is 0 Å². The third-order valence-corrected chi connectivity index (χ3v) is 5.03. The average Bonchev–Trinajstić information content (AvgIpc) is 2.44.